The molecule has 0 aliphatic rings. The lowest BCUT2D eigenvalue weighted by Crippen LogP contribution is -2.22. The molecule has 0 saturated carbocycles. The van der Waals surface area contributed by atoms with Crippen LogP contribution in [0.4, 0.5) is 0 Å². The summed E-state index contributed by atoms with van der Waals surface area (Å²) in [6.07, 6.45) is 2.09. The normalized spacial score (nSPS) is 13.5. The minimum Gasteiger partial charge on any atom is -0.380 e. The first-order chi connectivity index (χ1) is 4.77. The van der Waals surface area contributed by atoms with E-state index in [1.165, 1.54) is 0 Å². The average molecular weight is 146 g/mol. The monoisotopic (exact) mass is 146 g/mol. The molecule has 10 heavy (non-hydrogen) atoms. The summed E-state index contributed by atoms with van der Waals surface area (Å²) in [5.74, 6) is 0. The summed E-state index contributed by atoms with van der Waals surface area (Å²) in [5.41, 5.74) is 10.7. The summed E-state index contributed by atoms with van der Waals surface area (Å²) in [6.45, 7) is 4.13. The van der Waals surface area contributed by atoms with Crippen molar-refractivity contribution in [2.75, 3.05) is 19.8 Å². The van der Waals surface area contributed by atoms with Gasteiger partial charge in [-0.3, -0.25) is 0 Å². The zero-order valence-electron chi connectivity index (χ0n) is 6.68. The van der Waals surface area contributed by atoms with Crippen LogP contribution < -0.4 is 11.5 Å². The Morgan fingerprint density at radius 3 is 2.60 bits per heavy atom. The van der Waals surface area contributed by atoms with Crippen molar-refractivity contribution < 1.29 is 4.74 Å². The van der Waals surface area contributed by atoms with Gasteiger partial charge in [0.05, 0.1) is 6.61 Å². The van der Waals surface area contributed by atoms with Crippen LogP contribution in [0.5, 0.6) is 0 Å². The summed E-state index contributed by atoms with van der Waals surface area (Å²) in [7, 11) is 0. The maximum absolute atomic E-state index is 5.46. The molecule has 0 heterocycles. The van der Waals surface area contributed by atoms with Crippen LogP contribution in [0.25, 0.3) is 0 Å². The number of hydrogen-bond acceptors (Lipinski definition) is 3. The molecule has 0 spiro atoms. The van der Waals surface area contributed by atoms with E-state index >= 15 is 0 Å². The first-order valence-corrected chi connectivity index (χ1v) is 3.80. The van der Waals surface area contributed by atoms with Crippen LogP contribution in [0, 0.1) is 0 Å². The van der Waals surface area contributed by atoms with Gasteiger partial charge in [0.25, 0.3) is 0 Å². The van der Waals surface area contributed by atoms with Crippen LogP contribution in [0.15, 0.2) is 0 Å². The van der Waals surface area contributed by atoms with Crippen LogP contribution in [0.1, 0.15) is 19.8 Å². The highest BCUT2D eigenvalue weighted by Crippen LogP contribution is 1.88. The topological polar surface area (TPSA) is 61.3 Å². The summed E-state index contributed by atoms with van der Waals surface area (Å²) in [6, 6.07) is 0.151. The third-order valence-electron chi connectivity index (χ3n) is 1.12. The predicted octanol–water partition coefficient (Wildman–Crippen LogP) is 0.0891. The van der Waals surface area contributed by atoms with Crippen molar-refractivity contribution in [3.63, 3.8) is 0 Å². The van der Waals surface area contributed by atoms with Gasteiger partial charge < -0.3 is 16.2 Å². The fourth-order valence-corrected chi connectivity index (χ4v) is 0.618. The molecule has 4 N–H and O–H groups in total. The molecule has 0 aromatic heterocycles. The number of hydrogen-bond donors (Lipinski definition) is 2. The molecular weight excluding hydrogens is 128 g/mol. The summed E-state index contributed by atoms with van der Waals surface area (Å²) in [5, 5.41) is 0. The van der Waals surface area contributed by atoms with E-state index in [0.717, 1.165) is 26.0 Å². The Kier molecular flexibility index (Phi) is 6.91. The molecule has 0 aliphatic heterocycles. The van der Waals surface area contributed by atoms with Gasteiger partial charge in [0.15, 0.2) is 0 Å². The van der Waals surface area contributed by atoms with Crippen LogP contribution in [0.3, 0.4) is 0 Å². The van der Waals surface area contributed by atoms with Crippen molar-refractivity contribution in [1.82, 2.24) is 0 Å². The van der Waals surface area contributed by atoms with Crippen molar-refractivity contribution in [3.8, 4) is 0 Å². The highest BCUT2D eigenvalue weighted by molar-refractivity contribution is 4.48. The molecule has 0 bridgehead atoms. The smallest absolute Gasteiger partial charge is 0.0614 e. The van der Waals surface area contributed by atoms with Gasteiger partial charge in [0.1, 0.15) is 0 Å². The highest BCUT2D eigenvalue weighted by atomic mass is 16.5. The minimum atomic E-state index is 0.151. The van der Waals surface area contributed by atoms with Gasteiger partial charge in [-0.05, 0) is 26.3 Å². The van der Waals surface area contributed by atoms with E-state index in [-0.39, 0.29) is 6.04 Å². The molecule has 0 fully saturated rings. The van der Waals surface area contributed by atoms with Crippen LogP contribution >= 0.6 is 0 Å². The van der Waals surface area contributed by atoms with Crippen molar-refractivity contribution in [1.29, 1.82) is 0 Å². The molecule has 0 aliphatic carbocycles. The predicted molar refractivity (Wildman–Crippen MR) is 42.8 cm³/mol. The second-order valence-corrected chi connectivity index (χ2v) is 2.55. The van der Waals surface area contributed by atoms with Gasteiger partial charge in [-0.25, -0.2) is 0 Å². The van der Waals surface area contributed by atoms with Gasteiger partial charge in [0.2, 0.25) is 0 Å². The Morgan fingerprint density at radius 2 is 2.10 bits per heavy atom. The van der Waals surface area contributed by atoms with E-state index in [0.29, 0.717) is 6.61 Å². The van der Waals surface area contributed by atoms with Gasteiger partial charge in [-0.15, -0.1) is 0 Å². The fourth-order valence-electron chi connectivity index (χ4n) is 0.618. The largest absolute Gasteiger partial charge is 0.380 e. The zero-order valence-corrected chi connectivity index (χ0v) is 6.68. The lowest BCUT2D eigenvalue weighted by atomic mass is 10.3. The molecule has 0 rings (SSSR count). The zero-order chi connectivity index (χ0) is 7.82. The average Bonchev–Trinajstić information content (AvgIpc) is 1.87. The standard InChI is InChI=1S/C7H18N2O/c1-7(9)6-10-5-3-2-4-8/h7H,2-6,8-9H2,1H3. The Balaban J connectivity index is 2.77. The maximum Gasteiger partial charge on any atom is 0.0614 e. The van der Waals surface area contributed by atoms with Crippen molar-refractivity contribution in [3.05, 3.63) is 0 Å². The molecule has 3 nitrogen and oxygen atoms in total. The lowest BCUT2D eigenvalue weighted by Gasteiger charge is -2.05. The van der Waals surface area contributed by atoms with E-state index < -0.39 is 0 Å². The Hall–Kier alpha value is -0.120. The Labute approximate surface area is 62.7 Å². The van der Waals surface area contributed by atoms with E-state index in [1.807, 2.05) is 6.92 Å². The molecule has 3 heteroatoms. The quantitative estimate of drug-likeness (QED) is 0.522. The first kappa shape index (κ1) is 9.88. The van der Waals surface area contributed by atoms with Gasteiger partial charge in [0, 0.05) is 12.6 Å². The molecule has 0 aromatic carbocycles. The van der Waals surface area contributed by atoms with Crippen molar-refractivity contribution in [2.24, 2.45) is 11.5 Å². The molecule has 62 valence electrons. The molecule has 1 atom stereocenters. The van der Waals surface area contributed by atoms with E-state index in [2.05, 4.69) is 0 Å². The van der Waals surface area contributed by atoms with Crippen LogP contribution in [-0.2, 0) is 4.74 Å². The maximum atomic E-state index is 5.46. The third kappa shape index (κ3) is 7.88. The minimum absolute atomic E-state index is 0.151. The molecule has 0 amide bonds. The molecule has 1 unspecified atom stereocenters. The number of rotatable bonds is 6. The molecule has 0 radical (unpaired) electrons. The van der Waals surface area contributed by atoms with Gasteiger partial charge in [-0.1, -0.05) is 0 Å². The molecule has 0 saturated heterocycles. The first-order valence-electron chi connectivity index (χ1n) is 3.80. The van der Waals surface area contributed by atoms with E-state index in [4.69, 9.17) is 16.2 Å². The third-order valence-corrected chi connectivity index (χ3v) is 1.12. The number of unbranched alkanes of at least 4 members (excludes halogenated alkanes) is 1. The summed E-state index contributed by atoms with van der Waals surface area (Å²) in [4.78, 5) is 0. The van der Waals surface area contributed by atoms with E-state index in [9.17, 15) is 0 Å². The Bertz CT molecular complexity index is 66.6. The van der Waals surface area contributed by atoms with Crippen LogP contribution in [-0.4, -0.2) is 25.8 Å². The second kappa shape index (κ2) is 6.99. The van der Waals surface area contributed by atoms with Crippen LogP contribution in [0.2, 0.25) is 0 Å². The lowest BCUT2D eigenvalue weighted by molar-refractivity contribution is 0.121. The van der Waals surface area contributed by atoms with Gasteiger partial charge >= 0.3 is 0 Å². The summed E-state index contributed by atoms with van der Waals surface area (Å²) < 4.78 is 5.22. The molecule has 0 aromatic rings. The summed E-state index contributed by atoms with van der Waals surface area (Å²) >= 11 is 0. The Morgan fingerprint density at radius 1 is 1.40 bits per heavy atom. The molecular formula is C7H18N2O. The number of ether oxygens (including phenoxy) is 1. The fraction of sp³-hybridized carbons (Fsp3) is 1.00. The highest BCUT2D eigenvalue weighted by Gasteiger charge is 1.92. The van der Waals surface area contributed by atoms with E-state index in [1.54, 1.807) is 0 Å². The van der Waals surface area contributed by atoms with Crippen molar-refractivity contribution >= 4 is 0 Å². The van der Waals surface area contributed by atoms with Crippen molar-refractivity contribution in [2.45, 2.75) is 25.8 Å². The number of nitrogens with two attached hydrogens (primary N) is 2. The van der Waals surface area contributed by atoms with Gasteiger partial charge in [-0.2, -0.15) is 0 Å². The SMILES string of the molecule is CC(N)COCCCCN. The second-order valence-electron chi connectivity index (χ2n) is 2.55.